The van der Waals surface area contributed by atoms with Crippen LogP contribution in [0.4, 0.5) is 0 Å². The van der Waals surface area contributed by atoms with E-state index in [-0.39, 0.29) is 4.90 Å². The van der Waals surface area contributed by atoms with Crippen LogP contribution in [0.25, 0.3) is 10.9 Å². The summed E-state index contributed by atoms with van der Waals surface area (Å²) in [5.41, 5.74) is 1.73. The van der Waals surface area contributed by atoms with Crippen LogP contribution >= 0.6 is 0 Å². The molecule has 3 aromatic rings. The Labute approximate surface area is 224 Å². The molecule has 0 aliphatic carbocycles. The maximum atomic E-state index is 13.5. The number of hydrogen-bond acceptors (Lipinski definition) is 4. The molecule has 0 bridgehead atoms. The molecular formula is C31H45NO4S. The van der Waals surface area contributed by atoms with E-state index in [1.807, 2.05) is 18.2 Å². The normalized spacial score (nSPS) is 11.8. The quantitative estimate of drug-likeness (QED) is 0.156. The zero-order valence-corrected chi connectivity index (χ0v) is 23.8. The fourth-order valence-corrected chi connectivity index (χ4v) is 6.36. The van der Waals surface area contributed by atoms with Crippen molar-refractivity contribution < 1.29 is 17.9 Å². The van der Waals surface area contributed by atoms with Gasteiger partial charge in [0.1, 0.15) is 11.5 Å². The number of aryl methyl sites for hydroxylation is 1. The molecule has 0 saturated carbocycles. The average molecular weight is 528 g/mol. The van der Waals surface area contributed by atoms with E-state index in [0.717, 1.165) is 29.5 Å². The highest BCUT2D eigenvalue weighted by Gasteiger charge is 2.21. The van der Waals surface area contributed by atoms with Crippen molar-refractivity contribution in [3.05, 3.63) is 54.2 Å². The van der Waals surface area contributed by atoms with E-state index in [9.17, 15) is 8.42 Å². The first-order chi connectivity index (χ1) is 18.0. The lowest BCUT2D eigenvalue weighted by Gasteiger charge is -2.09. The number of hydrogen-bond donors (Lipinski definition) is 0. The third-order valence-electron chi connectivity index (χ3n) is 7.23. The number of nitrogens with zero attached hydrogens (tertiary/aromatic N) is 1. The van der Waals surface area contributed by atoms with Gasteiger partial charge < -0.3 is 9.47 Å². The second-order valence-corrected chi connectivity index (χ2v) is 11.8. The molecule has 204 valence electrons. The summed E-state index contributed by atoms with van der Waals surface area (Å²) in [5, 5.41) is 0.940. The van der Waals surface area contributed by atoms with Crippen LogP contribution in [0.2, 0.25) is 0 Å². The fraction of sp³-hybridized carbons (Fsp3) is 0.548. The van der Waals surface area contributed by atoms with Crippen LogP contribution in [0.15, 0.2) is 53.6 Å². The smallest absolute Gasteiger partial charge is 0.268 e. The molecule has 6 heteroatoms. The minimum Gasteiger partial charge on any atom is -0.497 e. The van der Waals surface area contributed by atoms with Gasteiger partial charge >= 0.3 is 0 Å². The minimum absolute atomic E-state index is 0.244. The van der Waals surface area contributed by atoms with Crippen LogP contribution in [-0.2, 0) is 16.4 Å². The van der Waals surface area contributed by atoms with Gasteiger partial charge in [-0.1, -0.05) is 84.0 Å². The third kappa shape index (κ3) is 8.26. The summed E-state index contributed by atoms with van der Waals surface area (Å²) in [6.45, 7) is 2.27. The number of benzene rings is 2. The molecule has 3 rings (SSSR count). The summed E-state index contributed by atoms with van der Waals surface area (Å²) in [7, 11) is -0.520. The van der Waals surface area contributed by atoms with Gasteiger partial charge in [0.05, 0.1) is 24.6 Å². The van der Waals surface area contributed by atoms with Gasteiger partial charge in [-0.3, -0.25) is 0 Å². The molecule has 5 nitrogen and oxygen atoms in total. The van der Waals surface area contributed by atoms with Crippen molar-refractivity contribution in [3.8, 4) is 11.5 Å². The van der Waals surface area contributed by atoms with Gasteiger partial charge in [-0.25, -0.2) is 12.4 Å². The molecule has 0 radical (unpaired) electrons. The Bertz CT molecular complexity index is 1180. The van der Waals surface area contributed by atoms with Crippen LogP contribution in [0.1, 0.15) is 96.0 Å². The molecule has 0 N–H and O–H groups in total. The minimum atomic E-state index is -3.73. The first kappa shape index (κ1) is 29.1. The Morgan fingerprint density at radius 2 is 1.19 bits per heavy atom. The van der Waals surface area contributed by atoms with E-state index in [1.54, 1.807) is 44.7 Å². The maximum absolute atomic E-state index is 13.5. The zero-order chi connectivity index (χ0) is 26.5. The second-order valence-electron chi connectivity index (χ2n) is 10.0. The van der Waals surface area contributed by atoms with Crippen molar-refractivity contribution in [2.75, 3.05) is 14.2 Å². The molecule has 0 saturated heterocycles. The first-order valence-corrected chi connectivity index (χ1v) is 15.5. The van der Waals surface area contributed by atoms with Gasteiger partial charge in [0.15, 0.2) is 0 Å². The molecule has 0 unspecified atom stereocenters. The van der Waals surface area contributed by atoms with Gasteiger partial charge in [0, 0.05) is 11.6 Å². The first-order valence-electron chi connectivity index (χ1n) is 14.1. The van der Waals surface area contributed by atoms with Crippen molar-refractivity contribution >= 4 is 20.9 Å². The van der Waals surface area contributed by atoms with Crippen molar-refractivity contribution in [2.45, 2.75) is 102 Å². The predicted molar refractivity (Wildman–Crippen MR) is 153 cm³/mol. The number of aromatic nitrogens is 1. The maximum Gasteiger partial charge on any atom is 0.268 e. The summed E-state index contributed by atoms with van der Waals surface area (Å²) < 4.78 is 39.0. The highest BCUT2D eigenvalue weighted by molar-refractivity contribution is 7.90. The van der Waals surface area contributed by atoms with E-state index >= 15 is 0 Å². The largest absolute Gasteiger partial charge is 0.497 e. The molecule has 0 aliphatic heterocycles. The topological polar surface area (TPSA) is 57.5 Å². The standard InChI is InChI=1S/C31H45NO4S/c1-4-5-6-7-8-9-10-11-12-13-14-15-16-17-26-25-32(31-23-20-28(36-3)24-30(26)31)37(33,34)29-21-18-27(35-2)19-22-29/h18-25H,4-17H2,1-3H3. The molecule has 0 fully saturated rings. The lowest BCUT2D eigenvalue weighted by atomic mass is 10.0. The second kappa shape index (κ2) is 15.1. The van der Waals surface area contributed by atoms with E-state index in [2.05, 4.69) is 6.92 Å². The molecule has 0 aliphatic rings. The highest BCUT2D eigenvalue weighted by Crippen LogP contribution is 2.31. The Kier molecular flexibility index (Phi) is 11.8. The lowest BCUT2D eigenvalue weighted by Crippen LogP contribution is -2.11. The number of methoxy groups -OCH3 is 2. The Morgan fingerprint density at radius 3 is 1.73 bits per heavy atom. The van der Waals surface area contributed by atoms with E-state index < -0.39 is 10.0 Å². The predicted octanol–water partition coefficient (Wildman–Crippen LogP) is 8.53. The van der Waals surface area contributed by atoms with Crippen molar-refractivity contribution in [1.82, 2.24) is 3.97 Å². The average Bonchev–Trinajstić information content (AvgIpc) is 3.29. The molecular weight excluding hydrogens is 482 g/mol. The monoisotopic (exact) mass is 527 g/mol. The summed E-state index contributed by atoms with van der Waals surface area (Å²) in [5.74, 6) is 1.36. The van der Waals surface area contributed by atoms with Crippen molar-refractivity contribution in [3.63, 3.8) is 0 Å². The molecule has 0 spiro atoms. The van der Waals surface area contributed by atoms with Crippen LogP contribution in [0.5, 0.6) is 11.5 Å². The lowest BCUT2D eigenvalue weighted by molar-refractivity contribution is 0.414. The van der Waals surface area contributed by atoms with Crippen molar-refractivity contribution in [1.29, 1.82) is 0 Å². The van der Waals surface area contributed by atoms with Gasteiger partial charge in [-0.2, -0.15) is 0 Å². The van der Waals surface area contributed by atoms with Gasteiger partial charge in [0.2, 0.25) is 0 Å². The third-order valence-corrected chi connectivity index (χ3v) is 8.91. The highest BCUT2D eigenvalue weighted by atomic mass is 32.2. The van der Waals surface area contributed by atoms with Crippen LogP contribution in [-0.4, -0.2) is 26.6 Å². The number of rotatable bonds is 18. The van der Waals surface area contributed by atoms with E-state index in [4.69, 9.17) is 9.47 Å². The SMILES string of the molecule is CCCCCCCCCCCCCCCc1cn(S(=O)(=O)c2ccc(OC)cc2)c2ccc(OC)cc12. The summed E-state index contributed by atoms with van der Waals surface area (Å²) in [6, 6.07) is 12.1. The van der Waals surface area contributed by atoms with E-state index in [0.29, 0.717) is 11.3 Å². The Morgan fingerprint density at radius 1 is 0.676 bits per heavy atom. The molecule has 0 atom stereocenters. The fourth-order valence-electron chi connectivity index (χ4n) is 4.96. The summed E-state index contributed by atoms with van der Waals surface area (Å²) in [6.07, 6.45) is 19.7. The van der Waals surface area contributed by atoms with Crippen LogP contribution in [0.3, 0.4) is 0 Å². The van der Waals surface area contributed by atoms with Crippen LogP contribution in [0, 0.1) is 0 Å². The Hall–Kier alpha value is -2.47. The molecule has 1 heterocycles. The zero-order valence-electron chi connectivity index (χ0n) is 23.0. The molecule has 0 amide bonds. The van der Waals surface area contributed by atoms with Gasteiger partial charge in [-0.05, 0) is 60.9 Å². The number of fused-ring (bicyclic) bond motifs is 1. The van der Waals surface area contributed by atoms with Crippen LogP contribution < -0.4 is 9.47 Å². The van der Waals surface area contributed by atoms with E-state index in [1.165, 1.54) is 81.0 Å². The van der Waals surface area contributed by atoms with Gasteiger partial charge in [-0.15, -0.1) is 0 Å². The number of unbranched alkanes of at least 4 members (excludes halogenated alkanes) is 12. The summed E-state index contributed by atoms with van der Waals surface area (Å²) in [4.78, 5) is 0.244. The molecule has 2 aromatic carbocycles. The van der Waals surface area contributed by atoms with Crippen molar-refractivity contribution in [2.24, 2.45) is 0 Å². The summed E-state index contributed by atoms with van der Waals surface area (Å²) >= 11 is 0. The van der Waals surface area contributed by atoms with Gasteiger partial charge in [0.25, 0.3) is 10.0 Å². The Balaban J connectivity index is 1.55. The molecule has 37 heavy (non-hydrogen) atoms. The number of ether oxygens (including phenoxy) is 2. The molecule has 1 aromatic heterocycles.